The molecule has 0 saturated carbocycles. The Morgan fingerprint density at radius 3 is 2.97 bits per heavy atom. The quantitative estimate of drug-likeness (QED) is 0.607. The van der Waals surface area contributed by atoms with Crippen LogP contribution in [0.1, 0.15) is 12.5 Å². The van der Waals surface area contributed by atoms with Crippen LogP contribution in [0.25, 0.3) is 22.3 Å². The van der Waals surface area contributed by atoms with Crippen LogP contribution >= 0.6 is 0 Å². The summed E-state index contributed by atoms with van der Waals surface area (Å²) in [6.07, 6.45) is 5.78. The van der Waals surface area contributed by atoms with E-state index in [0.717, 1.165) is 24.3 Å². The minimum Gasteiger partial charge on any atom is -0.497 e. The molecular weight excluding hydrogens is 394 g/mol. The molecule has 1 atom stereocenters. The fourth-order valence-electron chi connectivity index (χ4n) is 3.83. The third-order valence-corrected chi connectivity index (χ3v) is 5.41. The second kappa shape index (κ2) is 8.73. The first-order valence-electron chi connectivity index (χ1n) is 10.2. The molecule has 4 rings (SSSR count). The maximum absolute atomic E-state index is 12.6. The Morgan fingerprint density at radius 2 is 2.19 bits per heavy atom. The Labute approximate surface area is 181 Å². The number of nitrogen functional groups attached to an aromatic ring is 1. The zero-order valence-electron chi connectivity index (χ0n) is 18.0. The molecule has 31 heavy (non-hydrogen) atoms. The van der Waals surface area contributed by atoms with Gasteiger partial charge in [0.05, 0.1) is 18.5 Å². The highest BCUT2D eigenvalue weighted by molar-refractivity contribution is 5.98. The van der Waals surface area contributed by atoms with Gasteiger partial charge in [-0.1, -0.05) is 18.2 Å². The predicted octanol–water partition coefficient (Wildman–Crippen LogP) is 1.98. The summed E-state index contributed by atoms with van der Waals surface area (Å²) in [6.45, 7) is 1.97. The maximum atomic E-state index is 12.6. The number of anilines is 1. The number of likely N-dealkylation sites (tertiary alicyclic amines) is 1. The highest BCUT2D eigenvalue weighted by Gasteiger charge is 2.30. The Balaban J connectivity index is 1.65. The van der Waals surface area contributed by atoms with Gasteiger partial charge >= 0.3 is 0 Å². The van der Waals surface area contributed by atoms with Crippen LogP contribution in [0.3, 0.4) is 0 Å². The number of rotatable bonds is 6. The maximum Gasteiger partial charge on any atom is 0.246 e. The Bertz CT molecular complexity index is 1120. The van der Waals surface area contributed by atoms with Crippen molar-refractivity contribution in [3.8, 4) is 17.0 Å². The average molecular weight is 422 g/mol. The summed E-state index contributed by atoms with van der Waals surface area (Å²) < 4.78 is 7.25. The summed E-state index contributed by atoms with van der Waals surface area (Å²) in [5, 5.41) is 5.59. The average Bonchev–Trinajstić information content (AvgIpc) is 3.39. The van der Waals surface area contributed by atoms with E-state index in [4.69, 9.17) is 15.6 Å². The van der Waals surface area contributed by atoms with Crippen LogP contribution in [-0.2, 0) is 4.79 Å². The molecule has 3 aromatic rings. The van der Waals surface area contributed by atoms with Gasteiger partial charge in [-0.2, -0.15) is 5.10 Å². The van der Waals surface area contributed by atoms with Crippen molar-refractivity contribution >= 4 is 22.8 Å². The number of hydrogen-bond acceptors (Lipinski definition) is 7. The standard InChI is InChI=1S/C22H27N7O2/c1-27(2)10-5-8-18(30)28-11-9-16(13-28)29-22-19(21(23)24-14-25-22)20(26-29)15-6-4-7-17(12-15)31-3/h4-8,12,14,16H,9-11,13H2,1-3H3,(H2,23,24,25)/b8-5+/t16-/m1/s1. The van der Waals surface area contributed by atoms with E-state index in [-0.39, 0.29) is 11.9 Å². The smallest absolute Gasteiger partial charge is 0.246 e. The van der Waals surface area contributed by atoms with E-state index in [2.05, 4.69) is 9.97 Å². The van der Waals surface area contributed by atoms with Crippen molar-refractivity contribution in [1.82, 2.24) is 29.5 Å². The van der Waals surface area contributed by atoms with Gasteiger partial charge in [-0.3, -0.25) is 4.79 Å². The second-order valence-electron chi connectivity index (χ2n) is 7.87. The number of likely N-dealkylation sites (N-methyl/N-ethyl adjacent to an activating group) is 1. The van der Waals surface area contributed by atoms with Crippen molar-refractivity contribution in [1.29, 1.82) is 0 Å². The molecule has 0 unspecified atom stereocenters. The zero-order valence-corrected chi connectivity index (χ0v) is 18.0. The Hall–Kier alpha value is -3.46. The number of hydrogen-bond donors (Lipinski definition) is 1. The molecule has 0 spiro atoms. The van der Waals surface area contributed by atoms with Crippen LogP contribution in [0.15, 0.2) is 42.7 Å². The van der Waals surface area contributed by atoms with Crippen LogP contribution in [-0.4, -0.2) is 76.3 Å². The molecule has 2 aromatic heterocycles. The van der Waals surface area contributed by atoms with Gasteiger partial charge in [0.1, 0.15) is 23.6 Å². The molecule has 1 aliphatic rings. The van der Waals surface area contributed by atoms with Gasteiger partial charge < -0.3 is 20.3 Å². The first kappa shape index (κ1) is 20.8. The third-order valence-electron chi connectivity index (χ3n) is 5.41. The Kier molecular flexibility index (Phi) is 5.85. The highest BCUT2D eigenvalue weighted by atomic mass is 16.5. The lowest BCUT2D eigenvalue weighted by Gasteiger charge is -2.15. The van der Waals surface area contributed by atoms with Crippen LogP contribution in [0.5, 0.6) is 5.75 Å². The highest BCUT2D eigenvalue weighted by Crippen LogP contribution is 2.34. The molecule has 0 aliphatic carbocycles. The molecule has 9 heteroatoms. The number of fused-ring (bicyclic) bond motifs is 1. The van der Waals surface area contributed by atoms with Gasteiger partial charge in [-0.05, 0) is 32.6 Å². The summed E-state index contributed by atoms with van der Waals surface area (Å²) in [5.41, 5.74) is 8.48. The molecule has 162 valence electrons. The fourth-order valence-corrected chi connectivity index (χ4v) is 3.83. The first-order valence-corrected chi connectivity index (χ1v) is 10.2. The number of aromatic nitrogens is 4. The third kappa shape index (κ3) is 4.22. The SMILES string of the molecule is COc1cccc(-c2nn([C@@H]3CCN(C(=O)/C=C/CN(C)C)C3)c3ncnc(N)c23)c1. The van der Waals surface area contributed by atoms with Crippen molar-refractivity contribution < 1.29 is 9.53 Å². The van der Waals surface area contributed by atoms with Crippen molar-refractivity contribution in [3.05, 3.63) is 42.7 Å². The topological polar surface area (TPSA) is 102 Å². The van der Waals surface area contributed by atoms with Gasteiger partial charge in [-0.25, -0.2) is 14.6 Å². The molecule has 9 nitrogen and oxygen atoms in total. The number of ether oxygens (including phenoxy) is 1. The van der Waals surface area contributed by atoms with E-state index in [0.29, 0.717) is 35.6 Å². The number of nitrogens with two attached hydrogens (primary N) is 1. The van der Waals surface area contributed by atoms with E-state index >= 15 is 0 Å². The predicted molar refractivity (Wildman–Crippen MR) is 120 cm³/mol. The number of methoxy groups -OCH3 is 1. The van der Waals surface area contributed by atoms with E-state index < -0.39 is 0 Å². The van der Waals surface area contributed by atoms with E-state index in [1.807, 2.05) is 58.9 Å². The normalized spacial score (nSPS) is 16.6. The molecule has 1 aromatic carbocycles. The van der Waals surface area contributed by atoms with Gasteiger partial charge in [-0.15, -0.1) is 0 Å². The summed E-state index contributed by atoms with van der Waals surface area (Å²) in [7, 11) is 5.57. The molecule has 1 amide bonds. The van der Waals surface area contributed by atoms with Crippen molar-refractivity contribution in [2.75, 3.05) is 46.6 Å². The van der Waals surface area contributed by atoms with Crippen LogP contribution in [0, 0.1) is 0 Å². The monoisotopic (exact) mass is 421 g/mol. The van der Waals surface area contributed by atoms with Gasteiger partial charge in [0.2, 0.25) is 5.91 Å². The fraction of sp³-hybridized carbons (Fsp3) is 0.364. The molecule has 1 aliphatic heterocycles. The van der Waals surface area contributed by atoms with Crippen LogP contribution in [0.2, 0.25) is 0 Å². The van der Waals surface area contributed by atoms with Gasteiger partial charge in [0.15, 0.2) is 5.65 Å². The van der Waals surface area contributed by atoms with E-state index in [9.17, 15) is 4.79 Å². The number of carbonyl (C=O) groups excluding carboxylic acids is 1. The van der Waals surface area contributed by atoms with Crippen LogP contribution < -0.4 is 10.5 Å². The first-order chi connectivity index (χ1) is 15.0. The lowest BCUT2D eigenvalue weighted by atomic mass is 10.1. The van der Waals surface area contributed by atoms with Crippen molar-refractivity contribution in [2.24, 2.45) is 0 Å². The lowest BCUT2D eigenvalue weighted by molar-refractivity contribution is -0.125. The Morgan fingerprint density at radius 1 is 1.35 bits per heavy atom. The summed E-state index contributed by atoms with van der Waals surface area (Å²) in [4.78, 5) is 25.0. The van der Waals surface area contributed by atoms with Crippen molar-refractivity contribution in [3.63, 3.8) is 0 Å². The number of nitrogens with zero attached hydrogens (tertiary/aromatic N) is 6. The molecule has 3 heterocycles. The zero-order chi connectivity index (χ0) is 22.0. The summed E-state index contributed by atoms with van der Waals surface area (Å²) in [6, 6.07) is 7.68. The number of carbonyl (C=O) groups is 1. The van der Waals surface area contributed by atoms with Gasteiger partial charge in [0, 0.05) is 31.3 Å². The van der Waals surface area contributed by atoms with E-state index in [1.54, 1.807) is 13.2 Å². The van der Waals surface area contributed by atoms with Crippen LogP contribution in [0.4, 0.5) is 5.82 Å². The molecule has 0 bridgehead atoms. The summed E-state index contributed by atoms with van der Waals surface area (Å²) in [5.74, 6) is 1.13. The largest absolute Gasteiger partial charge is 0.497 e. The molecule has 1 saturated heterocycles. The van der Waals surface area contributed by atoms with Gasteiger partial charge in [0.25, 0.3) is 0 Å². The number of benzene rings is 1. The molecule has 1 fully saturated rings. The summed E-state index contributed by atoms with van der Waals surface area (Å²) >= 11 is 0. The molecule has 0 radical (unpaired) electrons. The second-order valence-corrected chi connectivity index (χ2v) is 7.87. The minimum atomic E-state index is 0.0161. The minimum absolute atomic E-state index is 0.0161. The molecular formula is C22H27N7O2. The van der Waals surface area contributed by atoms with Crippen molar-refractivity contribution in [2.45, 2.75) is 12.5 Å². The number of amides is 1. The molecule has 2 N–H and O–H groups in total. The lowest BCUT2D eigenvalue weighted by Crippen LogP contribution is -2.28. The van der Waals surface area contributed by atoms with E-state index in [1.165, 1.54) is 6.33 Å².